The molecular formula is C12H20O6. The van der Waals surface area contributed by atoms with Gasteiger partial charge in [0.25, 0.3) is 0 Å². The van der Waals surface area contributed by atoms with E-state index in [2.05, 4.69) is 9.47 Å². The summed E-state index contributed by atoms with van der Waals surface area (Å²) in [7, 11) is 2.36. The van der Waals surface area contributed by atoms with E-state index in [4.69, 9.17) is 4.74 Å². The molecule has 0 bridgehead atoms. The van der Waals surface area contributed by atoms with Crippen LogP contribution in [-0.2, 0) is 28.6 Å². The van der Waals surface area contributed by atoms with E-state index in [-0.39, 0.29) is 6.42 Å². The van der Waals surface area contributed by atoms with Gasteiger partial charge in [0.1, 0.15) is 0 Å². The third kappa shape index (κ3) is 5.16. The molecule has 0 aromatic heterocycles. The number of methoxy groups -OCH3 is 2. The molecule has 6 nitrogen and oxygen atoms in total. The summed E-state index contributed by atoms with van der Waals surface area (Å²) in [6.45, 7) is 3.81. The summed E-state index contributed by atoms with van der Waals surface area (Å²) in [4.78, 5) is 34.4. The van der Waals surface area contributed by atoms with Gasteiger partial charge in [0.15, 0.2) is 5.92 Å². The molecule has 0 heterocycles. The predicted molar refractivity (Wildman–Crippen MR) is 62.6 cm³/mol. The minimum Gasteiger partial charge on any atom is -0.468 e. The van der Waals surface area contributed by atoms with Gasteiger partial charge in [0.05, 0.1) is 20.8 Å². The van der Waals surface area contributed by atoms with Gasteiger partial charge in [-0.2, -0.15) is 0 Å². The maximum atomic E-state index is 11.5. The van der Waals surface area contributed by atoms with Crippen molar-refractivity contribution >= 4 is 17.9 Å². The highest BCUT2D eigenvalue weighted by molar-refractivity contribution is 5.95. The molecule has 0 rings (SSSR count). The lowest BCUT2D eigenvalue weighted by atomic mass is 9.91. The van der Waals surface area contributed by atoms with Gasteiger partial charge in [-0.25, -0.2) is 0 Å². The molecule has 104 valence electrons. The van der Waals surface area contributed by atoms with Crippen LogP contribution in [0.5, 0.6) is 0 Å². The van der Waals surface area contributed by atoms with Gasteiger partial charge >= 0.3 is 17.9 Å². The number of ether oxygens (including phenoxy) is 3. The van der Waals surface area contributed by atoms with Gasteiger partial charge < -0.3 is 14.2 Å². The smallest absolute Gasteiger partial charge is 0.320 e. The highest BCUT2D eigenvalue weighted by atomic mass is 16.5. The lowest BCUT2D eigenvalue weighted by Crippen LogP contribution is -2.33. The summed E-state index contributed by atoms with van der Waals surface area (Å²) >= 11 is 0. The number of hydrogen-bond donors (Lipinski definition) is 0. The van der Waals surface area contributed by atoms with E-state index >= 15 is 0 Å². The number of carbonyl (C=O) groups is 3. The normalized spacial score (nSPS) is 11.8. The molecule has 0 unspecified atom stereocenters. The lowest BCUT2D eigenvalue weighted by Gasteiger charge is -2.18. The first-order chi connectivity index (χ1) is 8.47. The van der Waals surface area contributed by atoms with Crippen LogP contribution in [0.15, 0.2) is 0 Å². The van der Waals surface area contributed by atoms with E-state index in [9.17, 15) is 14.4 Å². The van der Waals surface area contributed by atoms with E-state index < -0.39 is 29.7 Å². The minimum absolute atomic E-state index is 0.0329. The Balaban J connectivity index is 4.56. The highest BCUT2D eigenvalue weighted by Crippen LogP contribution is 2.19. The van der Waals surface area contributed by atoms with Gasteiger partial charge in [-0.05, 0) is 12.3 Å². The molecule has 0 radical (unpaired) electrons. The van der Waals surface area contributed by atoms with E-state index in [1.165, 1.54) is 14.2 Å². The molecular weight excluding hydrogens is 240 g/mol. The summed E-state index contributed by atoms with van der Waals surface area (Å²) < 4.78 is 14.0. The lowest BCUT2D eigenvalue weighted by molar-refractivity contribution is -0.162. The van der Waals surface area contributed by atoms with E-state index in [0.29, 0.717) is 6.61 Å². The summed E-state index contributed by atoms with van der Waals surface area (Å²) in [6.07, 6.45) is 0.687. The maximum absolute atomic E-state index is 11.5. The average molecular weight is 260 g/mol. The molecule has 0 aromatic carbocycles. The van der Waals surface area contributed by atoms with Gasteiger partial charge in [-0.3, -0.25) is 14.4 Å². The van der Waals surface area contributed by atoms with Crippen molar-refractivity contribution in [3.8, 4) is 0 Å². The number of rotatable bonds is 7. The fourth-order valence-corrected chi connectivity index (χ4v) is 1.47. The summed E-state index contributed by atoms with van der Waals surface area (Å²) in [6, 6.07) is 0. The van der Waals surface area contributed by atoms with Crippen molar-refractivity contribution in [3.63, 3.8) is 0 Å². The molecule has 0 fully saturated rings. The van der Waals surface area contributed by atoms with Crippen molar-refractivity contribution in [3.05, 3.63) is 0 Å². The Morgan fingerprint density at radius 1 is 1.06 bits per heavy atom. The molecule has 0 aliphatic heterocycles. The zero-order chi connectivity index (χ0) is 14.1. The molecule has 1 atom stereocenters. The zero-order valence-corrected chi connectivity index (χ0v) is 11.2. The molecule has 0 aliphatic rings. The SMILES string of the molecule is CCCOC(=O)C[C@@H](C)C(C(=O)OC)C(=O)OC. The fourth-order valence-electron chi connectivity index (χ4n) is 1.47. The molecule has 0 aromatic rings. The van der Waals surface area contributed by atoms with Crippen molar-refractivity contribution < 1.29 is 28.6 Å². The average Bonchev–Trinajstić information content (AvgIpc) is 2.35. The second-order valence-electron chi connectivity index (χ2n) is 3.93. The summed E-state index contributed by atoms with van der Waals surface area (Å²) in [5.41, 5.74) is 0. The van der Waals surface area contributed by atoms with Crippen LogP contribution >= 0.6 is 0 Å². The molecule has 0 aliphatic carbocycles. The van der Waals surface area contributed by atoms with Crippen LogP contribution in [0, 0.1) is 11.8 Å². The molecule has 6 heteroatoms. The Kier molecular flexibility index (Phi) is 7.74. The topological polar surface area (TPSA) is 78.9 Å². The Hall–Kier alpha value is -1.59. The minimum atomic E-state index is -1.10. The van der Waals surface area contributed by atoms with Crippen LogP contribution in [0.4, 0.5) is 0 Å². The number of carbonyl (C=O) groups excluding carboxylic acids is 3. The van der Waals surface area contributed by atoms with E-state index in [1.807, 2.05) is 6.92 Å². The van der Waals surface area contributed by atoms with E-state index in [0.717, 1.165) is 6.42 Å². The third-order valence-electron chi connectivity index (χ3n) is 2.44. The van der Waals surface area contributed by atoms with Crippen LogP contribution < -0.4 is 0 Å². The first kappa shape index (κ1) is 16.4. The monoisotopic (exact) mass is 260 g/mol. The standard InChI is InChI=1S/C12H20O6/c1-5-6-18-9(13)7-8(2)10(11(14)16-3)12(15)17-4/h8,10H,5-7H2,1-4H3/t8-/m1/s1. The Morgan fingerprint density at radius 2 is 1.56 bits per heavy atom. The van der Waals surface area contributed by atoms with Gasteiger partial charge in [0, 0.05) is 6.42 Å². The molecule has 0 saturated carbocycles. The second-order valence-corrected chi connectivity index (χ2v) is 3.93. The Morgan fingerprint density at radius 3 is 1.94 bits per heavy atom. The van der Waals surface area contributed by atoms with Crippen LogP contribution in [0.25, 0.3) is 0 Å². The fraction of sp³-hybridized carbons (Fsp3) is 0.750. The second kappa shape index (κ2) is 8.49. The van der Waals surface area contributed by atoms with Crippen molar-refractivity contribution in [2.24, 2.45) is 11.8 Å². The largest absolute Gasteiger partial charge is 0.468 e. The third-order valence-corrected chi connectivity index (χ3v) is 2.44. The molecule has 0 N–H and O–H groups in total. The van der Waals surface area contributed by atoms with E-state index in [1.54, 1.807) is 6.92 Å². The van der Waals surface area contributed by atoms with Crippen LogP contribution in [0.1, 0.15) is 26.7 Å². The van der Waals surface area contributed by atoms with Gasteiger partial charge in [-0.1, -0.05) is 13.8 Å². The summed E-state index contributed by atoms with van der Waals surface area (Å²) in [5.74, 6) is -3.50. The van der Waals surface area contributed by atoms with Crippen molar-refractivity contribution in [1.82, 2.24) is 0 Å². The van der Waals surface area contributed by atoms with Crippen LogP contribution in [0.3, 0.4) is 0 Å². The molecule has 18 heavy (non-hydrogen) atoms. The summed E-state index contributed by atoms with van der Waals surface area (Å²) in [5, 5.41) is 0. The van der Waals surface area contributed by atoms with Gasteiger partial charge in [-0.15, -0.1) is 0 Å². The Bertz CT molecular complexity index is 283. The quantitative estimate of drug-likeness (QED) is 0.385. The van der Waals surface area contributed by atoms with Crippen LogP contribution in [0.2, 0.25) is 0 Å². The number of hydrogen-bond acceptors (Lipinski definition) is 6. The molecule has 0 spiro atoms. The van der Waals surface area contributed by atoms with Crippen molar-refractivity contribution in [2.75, 3.05) is 20.8 Å². The maximum Gasteiger partial charge on any atom is 0.320 e. The van der Waals surface area contributed by atoms with Gasteiger partial charge in [0.2, 0.25) is 0 Å². The first-order valence-corrected chi connectivity index (χ1v) is 5.79. The molecule has 0 amide bonds. The first-order valence-electron chi connectivity index (χ1n) is 5.79. The number of esters is 3. The Labute approximate surface area is 107 Å². The van der Waals surface area contributed by atoms with Crippen LogP contribution in [-0.4, -0.2) is 38.7 Å². The predicted octanol–water partition coefficient (Wildman–Crippen LogP) is 0.928. The molecule has 0 saturated heterocycles. The highest BCUT2D eigenvalue weighted by Gasteiger charge is 2.35. The van der Waals surface area contributed by atoms with Crippen molar-refractivity contribution in [2.45, 2.75) is 26.7 Å². The van der Waals surface area contributed by atoms with Crippen molar-refractivity contribution in [1.29, 1.82) is 0 Å². The zero-order valence-electron chi connectivity index (χ0n) is 11.2.